The maximum Gasteiger partial charge on any atom is -0.00878 e. The maximum atomic E-state index is 2.81. The average molecular weight is 365 g/mol. The summed E-state index contributed by atoms with van der Waals surface area (Å²) in [6, 6.07) is 11.0. The summed E-state index contributed by atoms with van der Waals surface area (Å²) in [4.78, 5) is 0. The van der Waals surface area contributed by atoms with Gasteiger partial charge in [0, 0.05) is 0 Å². The third kappa shape index (κ3) is 4.40. The van der Waals surface area contributed by atoms with Crippen molar-refractivity contribution >= 4 is 13.5 Å². The monoisotopic (exact) mass is 364 g/mol. The highest BCUT2D eigenvalue weighted by atomic mass is 31.1. The second-order valence-corrected chi connectivity index (χ2v) is 10.9. The van der Waals surface area contributed by atoms with Gasteiger partial charge in [-0.25, -0.2) is 0 Å². The molecule has 0 aliphatic heterocycles. The molecule has 4 rings (SSSR count). The van der Waals surface area contributed by atoms with Gasteiger partial charge in [0.2, 0.25) is 0 Å². The Balaban J connectivity index is 1.63. The highest BCUT2D eigenvalue weighted by Gasteiger charge is 2.30. The molecule has 3 aliphatic rings. The van der Waals surface area contributed by atoms with E-state index < -0.39 is 0 Å². The van der Waals surface area contributed by atoms with Crippen molar-refractivity contribution in [3.8, 4) is 0 Å². The lowest BCUT2D eigenvalue weighted by molar-refractivity contribution is 0.486. The zero-order chi connectivity index (χ0) is 17.6. The minimum atomic E-state index is 0.0264. The van der Waals surface area contributed by atoms with E-state index in [2.05, 4.69) is 54.4 Å². The van der Waals surface area contributed by atoms with Crippen molar-refractivity contribution in [2.24, 2.45) is 0 Å². The topological polar surface area (TPSA) is 0 Å². The molecule has 0 spiro atoms. The first-order valence-corrected chi connectivity index (χ1v) is 12.4. The molecule has 138 valence electrons. The molecule has 1 aromatic rings. The number of benzene rings is 1. The Hall–Kier alpha value is -1.13. The summed E-state index contributed by atoms with van der Waals surface area (Å²) < 4.78 is 0. The molecule has 0 bridgehead atoms. The van der Waals surface area contributed by atoms with Gasteiger partial charge in [-0.05, 0) is 60.1 Å². The largest absolute Gasteiger partial charge is 0.0801 e. The lowest BCUT2D eigenvalue weighted by Gasteiger charge is -2.37. The van der Waals surface area contributed by atoms with Gasteiger partial charge in [-0.3, -0.25) is 0 Å². The summed E-state index contributed by atoms with van der Waals surface area (Å²) in [6.07, 6.45) is 22.9. The number of hydrogen-bond acceptors (Lipinski definition) is 0. The lowest BCUT2D eigenvalue weighted by atomic mass is 9.93. The van der Waals surface area contributed by atoms with Crippen molar-refractivity contribution in [1.82, 2.24) is 0 Å². The quantitative estimate of drug-likeness (QED) is 0.474. The summed E-state index contributed by atoms with van der Waals surface area (Å²) in [5, 5.41) is 0. The van der Waals surface area contributed by atoms with E-state index in [-0.39, 0.29) is 7.92 Å². The van der Waals surface area contributed by atoms with E-state index in [1.807, 2.05) is 0 Å². The Kier molecular flexibility index (Phi) is 6.44. The van der Waals surface area contributed by atoms with Gasteiger partial charge in [-0.2, -0.15) is 0 Å². The zero-order valence-electron chi connectivity index (χ0n) is 16.1. The molecule has 2 saturated carbocycles. The predicted octanol–water partition coefficient (Wildman–Crippen LogP) is 8.06. The standard InChI is InChI=1S/C25H33P/c1-4-12-21(13-5-1)25-19-11-10-14-22(25)20-26(23-15-6-2-7-16-23)24-17-8-3-9-18-24/h1,4-5,10-13,19-20,23-24H,2-3,6-9,14-18H2. The first kappa shape index (κ1) is 18.2. The van der Waals surface area contributed by atoms with Crippen LogP contribution >= 0.6 is 7.92 Å². The molecular formula is C25H33P. The van der Waals surface area contributed by atoms with Crippen LogP contribution in [0.2, 0.25) is 0 Å². The Morgan fingerprint density at radius 2 is 1.38 bits per heavy atom. The molecule has 0 amide bonds. The van der Waals surface area contributed by atoms with E-state index in [1.54, 1.807) is 5.57 Å². The smallest absolute Gasteiger partial charge is 0.00878 e. The highest BCUT2D eigenvalue weighted by Crippen LogP contribution is 2.58. The summed E-state index contributed by atoms with van der Waals surface area (Å²) in [6.45, 7) is 0. The first-order valence-electron chi connectivity index (χ1n) is 10.8. The molecule has 0 heterocycles. The molecule has 1 heteroatoms. The Morgan fingerprint density at radius 3 is 2.00 bits per heavy atom. The Labute approximate surface area is 161 Å². The lowest BCUT2D eigenvalue weighted by Crippen LogP contribution is -2.19. The van der Waals surface area contributed by atoms with E-state index in [0.717, 1.165) is 17.7 Å². The molecule has 1 aromatic carbocycles. The second kappa shape index (κ2) is 9.18. The average Bonchev–Trinajstić information content (AvgIpc) is 2.74. The third-order valence-electron chi connectivity index (χ3n) is 6.47. The van der Waals surface area contributed by atoms with Crippen LogP contribution in [0.1, 0.15) is 76.2 Å². The minimum Gasteiger partial charge on any atom is -0.0801 e. The van der Waals surface area contributed by atoms with Crippen molar-refractivity contribution in [3.05, 3.63) is 65.5 Å². The Morgan fingerprint density at radius 1 is 0.769 bits per heavy atom. The molecular weight excluding hydrogens is 331 g/mol. The molecule has 3 aliphatic carbocycles. The molecule has 0 nitrogen and oxygen atoms in total. The molecule has 0 unspecified atom stereocenters. The van der Waals surface area contributed by atoms with Crippen molar-refractivity contribution in [1.29, 1.82) is 0 Å². The summed E-state index contributed by atoms with van der Waals surface area (Å²) in [5.41, 5.74) is 6.48. The minimum absolute atomic E-state index is 0.0264. The van der Waals surface area contributed by atoms with Gasteiger partial charge in [0.25, 0.3) is 0 Å². The van der Waals surface area contributed by atoms with Gasteiger partial charge in [0.05, 0.1) is 0 Å². The highest BCUT2D eigenvalue weighted by molar-refractivity contribution is 7.62. The predicted molar refractivity (Wildman–Crippen MR) is 117 cm³/mol. The van der Waals surface area contributed by atoms with Crippen molar-refractivity contribution < 1.29 is 0 Å². The molecule has 0 atom stereocenters. The number of hydrogen-bond donors (Lipinski definition) is 0. The van der Waals surface area contributed by atoms with E-state index in [0.29, 0.717) is 0 Å². The van der Waals surface area contributed by atoms with Crippen LogP contribution in [0.5, 0.6) is 0 Å². The summed E-state index contributed by atoms with van der Waals surface area (Å²) >= 11 is 0. The zero-order valence-corrected chi connectivity index (χ0v) is 17.0. The van der Waals surface area contributed by atoms with Gasteiger partial charge in [0.1, 0.15) is 0 Å². The van der Waals surface area contributed by atoms with Gasteiger partial charge < -0.3 is 0 Å². The van der Waals surface area contributed by atoms with Crippen LogP contribution in [-0.2, 0) is 0 Å². The molecule has 0 radical (unpaired) electrons. The van der Waals surface area contributed by atoms with Crippen LogP contribution in [0, 0.1) is 0 Å². The van der Waals surface area contributed by atoms with Crippen LogP contribution in [0.4, 0.5) is 0 Å². The summed E-state index contributed by atoms with van der Waals surface area (Å²) in [5.74, 6) is 2.81. The van der Waals surface area contributed by atoms with Crippen molar-refractivity contribution in [2.75, 3.05) is 0 Å². The van der Waals surface area contributed by atoms with Gasteiger partial charge in [-0.1, -0.05) is 101 Å². The fraction of sp³-hybridized carbons (Fsp3) is 0.520. The fourth-order valence-corrected chi connectivity index (χ4v) is 8.59. The van der Waals surface area contributed by atoms with Crippen molar-refractivity contribution in [3.63, 3.8) is 0 Å². The van der Waals surface area contributed by atoms with Crippen LogP contribution in [0.15, 0.2) is 60.0 Å². The van der Waals surface area contributed by atoms with Crippen LogP contribution < -0.4 is 0 Å². The van der Waals surface area contributed by atoms with Crippen LogP contribution in [-0.4, -0.2) is 11.3 Å². The molecule has 0 saturated heterocycles. The second-order valence-electron chi connectivity index (χ2n) is 8.26. The number of rotatable bonds is 4. The van der Waals surface area contributed by atoms with E-state index >= 15 is 0 Å². The normalized spacial score (nSPS) is 24.2. The fourth-order valence-electron chi connectivity index (χ4n) is 5.05. The van der Waals surface area contributed by atoms with Gasteiger partial charge in [0.15, 0.2) is 0 Å². The molecule has 0 N–H and O–H groups in total. The Bertz CT molecular complexity index is 637. The molecule has 26 heavy (non-hydrogen) atoms. The summed E-state index contributed by atoms with van der Waals surface area (Å²) in [7, 11) is 0.0264. The maximum absolute atomic E-state index is 2.81. The van der Waals surface area contributed by atoms with Gasteiger partial charge in [-0.15, -0.1) is 0 Å². The van der Waals surface area contributed by atoms with E-state index in [1.165, 1.54) is 75.3 Å². The van der Waals surface area contributed by atoms with Crippen LogP contribution in [0.25, 0.3) is 5.57 Å². The van der Waals surface area contributed by atoms with Crippen molar-refractivity contribution in [2.45, 2.75) is 81.9 Å². The molecule has 2 fully saturated rings. The van der Waals surface area contributed by atoms with E-state index in [4.69, 9.17) is 0 Å². The van der Waals surface area contributed by atoms with Crippen LogP contribution in [0.3, 0.4) is 0 Å². The third-order valence-corrected chi connectivity index (χ3v) is 9.79. The number of allylic oxidation sites excluding steroid dienone is 5. The molecule has 0 aromatic heterocycles. The van der Waals surface area contributed by atoms with E-state index in [9.17, 15) is 0 Å². The SMILES string of the molecule is C1=CCC(=CP(C2CCCCC2)C2CCCCC2)C(c2ccccc2)=C1. The first-order chi connectivity index (χ1) is 12.9. The van der Waals surface area contributed by atoms with Gasteiger partial charge >= 0.3 is 0 Å².